The molecule has 0 saturated carbocycles. The molecule has 0 spiro atoms. The van der Waals surface area contributed by atoms with Crippen LogP contribution in [0.25, 0.3) is 0 Å². The van der Waals surface area contributed by atoms with E-state index in [0.717, 1.165) is 22.8 Å². The lowest BCUT2D eigenvalue weighted by Crippen LogP contribution is -2.18. The standard InChI is InChI=1S/C14H19N3O2/c1-15-14(13-8-17(2)9-16-13)10-5-11(18-3)7-12(6-10)19-4/h5-9,14-15H,1-4H3. The first-order valence-electron chi connectivity index (χ1n) is 6.06. The van der Waals surface area contributed by atoms with E-state index >= 15 is 0 Å². The van der Waals surface area contributed by atoms with E-state index in [-0.39, 0.29) is 6.04 Å². The Kier molecular flexibility index (Phi) is 4.06. The summed E-state index contributed by atoms with van der Waals surface area (Å²) in [6, 6.07) is 5.83. The molecule has 1 aromatic carbocycles. The van der Waals surface area contributed by atoms with E-state index in [1.165, 1.54) is 0 Å². The Balaban J connectivity index is 2.42. The molecule has 1 atom stereocenters. The maximum atomic E-state index is 5.30. The van der Waals surface area contributed by atoms with Gasteiger partial charge in [-0.15, -0.1) is 0 Å². The number of aromatic nitrogens is 2. The maximum Gasteiger partial charge on any atom is 0.122 e. The van der Waals surface area contributed by atoms with Crippen molar-refractivity contribution < 1.29 is 9.47 Å². The van der Waals surface area contributed by atoms with Crippen molar-refractivity contribution in [3.63, 3.8) is 0 Å². The van der Waals surface area contributed by atoms with Gasteiger partial charge in [-0.1, -0.05) is 0 Å². The number of hydrogen-bond acceptors (Lipinski definition) is 4. The molecule has 2 aromatic rings. The van der Waals surface area contributed by atoms with Crippen molar-refractivity contribution >= 4 is 0 Å². The summed E-state index contributed by atoms with van der Waals surface area (Å²) in [5.41, 5.74) is 2.01. The van der Waals surface area contributed by atoms with Crippen LogP contribution in [-0.2, 0) is 7.05 Å². The molecule has 19 heavy (non-hydrogen) atoms. The number of imidazole rings is 1. The van der Waals surface area contributed by atoms with Gasteiger partial charge in [-0.25, -0.2) is 4.98 Å². The summed E-state index contributed by atoms with van der Waals surface area (Å²) in [4.78, 5) is 4.39. The Labute approximate surface area is 113 Å². The molecule has 1 unspecified atom stereocenters. The van der Waals surface area contributed by atoms with E-state index in [1.54, 1.807) is 20.5 Å². The van der Waals surface area contributed by atoms with Crippen molar-refractivity contribution in [3.8, 4) is 11.5 Å². The molecule has 0 saturated heterocycles. The van der Waals surface area contributed by atoms with Crippen LogP contribution in [0.3, 0.4) is 0 Å². The average Bonchev–Trinajstić information content (AvgIpc) is 2.85. The molecule has 0 aliphatic heterocycles. The lowest BCUT2D eigenvalue weighted by atomic mass is 10.0. The normalized spacial score (nSPS) is 12.2. The highest BCUT2D eigenvalue weighted by atomic mass is 16.5. The summed E-state index contributed by atoms with van der Waals surface area (Å²) < 4.78 is 12.5. The minimum absolute atomic E-state index is 0.00481. The van der Waals surface area contributed by atoms with Crippen LogP contribution in [0, 0.1) is 0 Å². The van der Waals surface area contributed by atoms with Gasteiger partial charge in [-0.3, -0.25) is 0 Å². The highest BCUT2D eigenvalue weighted by Crippen LogP contribution is 2.29. The van der Waals surface area contributed by atoms with Crippen LogP contribution in [-0.4, -0.2) is 30.8 Å². The molecular formula is C14H19N3O2. The van der Waals surface area contributed by atoms with Gasteiger partial charge in [-0.05, 0) is 24.7 Å². The molecule has 0 fully saturated rings. The lowest BCUT2D eigenvalue weighted by Gasteiger charge is -2.16. The fourth-order valence-electron chi connectivity index (χ4n) is 2.06. The molecule has 102 valence electrons. The Morgan fingerprint density at radius 3 is 2.21 bits per heavy atom. The first kappa shape index (κ1) is 13.4. The molecular weight excluding hydrogens is 242 g/mol. The van der Waals surface area contributed by atoms with E-state index in [1.807, 2.05) is 43.1 Å². The first-order chi connectivity index (χ1) is 9.17. The molecule has 0 bridgehead atoms. The molecule has 0 radical (unpaired) electrons. The molecule has 1 heterocycles. The zero-order chi connectivity index (χ0) is 13.8. The molecule has 1 aromatic heterocycles. The average molecular weight is 261 g/mol. The summed E-state index contributed by atoms with van der Waals surface area (Å²) in [6.07, 6.45) is 3.78. The Bertz CT molecular complexity index is 529. The summed E-state index contributed by atoms with van der Waals surface area (Å²) in [5, 5.41) is 3.26. The molecule has 5 heteroatoms. The first-order valence-corrected chi connectivity index (χ1v) is 6.06. The van der Waals surface area contributed by atoms with E-state index in [4.69, 9.17) is 9.47 Å². The van der Waals surface area contributed by atoms with Crippen molar-refractivity contribution in [1.29, 1.82) is 0 Å². The highest BCUT2D eigenvalue weighted by molar-refractivity contribution is 5.41. The molecule has 5 nitrogen and oxygen atoms in total. The van der Waals surface area contributed by atoms with Crippen molar-refractivity contribution in [2.45, 2.75) is 6.04 Å². The van der Waals surface area contributed by atoms with Gasteiger partial charge in [0.05, 0.1) is 32.3 Å². The summed E-state index contributed by atoms with van der Waals surface area (Å²) in [5.74, 6) is 1.54. The number of methoxy groups -OCH3 is 2. The highest BCUT2D eigenvalue weighted by Gasteiger charge is 2.16. The lowest BCUT2D eigenvalue weighted by molar-refractivity contribution is 0.392. The fourth-order valence-corrected chi connectivity index (χ4v) is 2.06. The van der Waals surface area contributed by atoms with Gasteiger partial charge >= 0.3 is 0 Å². The predicted molar refractivity (Wildman–Crippen MR) is 73.7 cm³/mol. The number of ether oxygens (including phenoxy) is 2. The van der Waals surface area contributed by atoms with Gasteiger partial charge in [0.1, 0.15) is 11.5 Å². The topological polar surface area (TPSA) is 48.3 Å². The number of hydrogen-bond donors (Lipinski definition) is 1. The van der Waals surface area contributed by atoms with Crippen molar-refractivity contribution in [1.82, 2.24) is 14.9 Å². The van der Waals surface area contributed by atoms with Gasteiger partial charge in [0.25, 0.3) is 0 Å². The number of rotatable bonds is 5. The fraction of sp³-hybridized carbons (Fsp3) is 0.357. The van der Waals surface area contributed by atoms with Crippen LogP contribution in [0.2, 0.25) is 0 Å². The summed E-state index contributed by atoms with van der Waals surface area (Å²) in [7, 11) is 7.15. The van der Waals surface area contributed by atoms with Gasteiger partial charge in [0.2, 0.25) is 0 Å². The van der Waals surface area contributed by atoms with Crippen LogP contribution in [0.5, 0.6) is 11.5 Å². The van der Waals surface area contributed by atoms with Crippen molar-refractivity contribution in [2.75, 3.05) is 21.3 Å². The molecule has 0 aliphatic carbocycles. The number of benzene rings is 1. The van der Waals surface area contributed by atoms with Crippen LogP contribution in [0.4, 0.5) is 0 Å². The van der Waals surface area contributed by atoms with Crippen LogP contribution < -0.4 is 14.8 Å². The number of nitrogens with zero attached hydrogens (tertiary/aromatic N) is 2. The van der Waals surface area contributed by atoms with Crippen molar-refractivity contribution in [3.05, 3.63) is 42.0 Å². The quantitative estimate of drug-likeness (QED) is 0.890. The van der Waals surface area contributed by atoms with Crippen LogP contribution >= 0.6 is 0 Å². The molecule has 0 aliphatic rings. The number of nitrogens with one attached hydrogen (secondary N) is 1. The zero-order valence-corrected chi connectivity index (χ0v) is 11.7. The second-order valence-corrected chi connectivity index (χ2v) is 4.33. The second kappa shape index (κ2) is 5.75. The Morgan fingerprint density at radius 1 is 1.16 bits per heavy atom. The predicted octanol–water partition coefficient (Wildman–Crippen LogP) is 1.75. The van der Waals surface area contributed by atoms with E-state index in [9.17, 15) is 0 Å². The third kappa shape index (κ3) is 2.88. The van der Waals surface area contributed by atoms with E-state index in [2.05, 4.69) is 10.3 Å². The third-order valence-corrected chi connectivity index (χ3v) is 3.02. The minimum Gasteiger partial charge on any atom is -0.497 e. The van der Waals surface area contributed by atoms with E-state index < -0.39 is 0 Å². The summed E-state index contributed by atoms with van der Waals surface area (Å²) >= 11 is 0. The van der Waals surface area contributed by atoms with Crippen LogP contribution in [0.15, 0.2) is 30.7 Å². The monoisotopic (exact) mass is 261 g/mol. The van der Waals surface area contributed by atoms with Gasteiger partial charge in [0, 0.05) is 19.3 Å². The number of aryl methyl sites for hydroxylation is 1. The Hall–Kier alpha value is -2.01. The minimum atomic E-state index is 0.00481. The van der Waals surface area contributed by atoms with E-state index in [0.29, 0.717) is 0 Å². The molecule has 2 rings (SSSR count). The smallest absolute Gasteiger partial charge is 0.122 e. The SMILES string of the molecule is CNC(c1cc(OC)cc(OC)c1)c1cn(C)cn1. The van der Waals surface area contributed by atoms with Crippen molar-refractivity contribution in [2.24, 2.45) is 7.05 Å². The van der Waals surface area contributed by atoms with Gasteiger partial charge in [0.15, 0.2) is 0 Å². The summed E-state index contributed by atoms with van der Waals surface area (Å²) in [6.45, 7) is 0. The molecule has 1 N–H and O–H groups in total. The van der Waals surface area contributed by atoms with Crippen LogP contribution in [0.1, 0.15) is 17.3 Å². The second-order valence-electron chi connectivity index (χ2n) is 4.33. The Morgan fingerprint density at radius 2 is 1.79 bits per heavy atom. The van der Waals surface area contributed by atoms with Gasteiger partial charge in [-0.2, -0.15) is 0 Å². The zero-order valence-electron chi connectivity index (χ0n) is 11.7. The maximum absolute atomic E-state index is 5.30. The third-order valence-electron chi connectivity index (χ3n) is 3.02. The largest absolute Gasteiger partial charge is 0.497 e. The molecule has 0 amide bonds. The van der Waals surface area contributed by atoms with Gasteiger partial charge < -0.3 is 19.4 Å².